The van der Waals surface area contributed by atoms with Gasteiger partial charge in [-0.3, -0.25) is 10.1 Å². The maximum absolute atomic E-state index is 12.2. The first-order valence-electron chi connectivity index (χ1n) is 6.39. The average molecular weight is 340 g/mol. The van der Waals surface area contributed by atoms with E-state index in [0.717, 1.165) is 0 Å². The lowest BCUT2D eigenvalue weighted by Gasteiger charge is -2.20. The van der Waals surface area contributed by atoms with Crippen molar-refractivity contribution in [2.45, 2.75) is 31.2 Å². The zero-order valence-corrected chi connectivity index (χ0v) is 14.0. The lowest BCUT2D eigenvalue weighted by molar-refractivity contribution is 0.102. The van der Waals surface area contributed by atoms with Crippen molar-refractivity contribution >= 4 is 32.4 Å². The molecule has 1 aromatic heterocycles. The lowest BCUT2D eigenvalue weighted by atomic mass is 10.1. The van der Waals surface area contributed by atoms with Crippen LogP contribution in [0.1, 0.15) is 31.1 Å². The number of aromatic nitrogens is 2. The number of rotatable bonds is 4. The van der Waals surface area contributed by atoms with E-state index in [1.54, 1.807) is 20.8 Å². The van der Waals surface area contributed by atoms with Gasteiger partial charge in [0.2, 0.25) is 15.2 Å². The van der Waals surface area contributed by atoms with Gasteiger partial charge in [-0.15, -0.1) is 10.2 Å². The molecule has 1 aromatic carbocycles. The van der Waals surface area contributed by atoms with Gasteiger partial charge >= 0.3 is 0 Å². The number of benzene rings is 1. The summed E-state index contributed by atoms with van der Waals surface area (Å²) in [6.45, 7) is 5.28. The van der Waals surface area contributed by atoms with E-state index < -0.39 is 15.6 Å². The van der Waals surface area contributed by atoms with Gasteiger partial charge in [-0.25, -0.2) is 13.1 Å². The third-order valence-electron chi connectivity index (χ3n) is 2.45. The third-order valence-corrected chi connectivity index (χ3v) is 4.83. The van der Waals surface area contributed by atoms with Crippen LogP contribution in [0.25, 0.3) is 0 Å². The molecule has 0 unspecified atom stereocenters. The van der Waals surface area contributed by atoms with Crippen LogP contribution in [0.15, 0.2) is 34.7 Å². The van der Waals surface area contributed by atoms with Crippen molar-refractivity contribution in [2.75, 3.05) is 5.32 Å². The van der Waals surface area contributed by atoms with Crippen LogP contribution in [0.4, 0.5) is 5.13 Å². The topological polar surface area (TPSA) is 101 Å². The highest BCUT2D eigenvalue weighted by Crippen LogP contribution is 2.15. The smallest absolute Gasteiger partial charge is 0.257 e. The molecule has 2 N–H and O–H groups in total. The number of hydrogen-bond donors (Lipinski definition) is 2. The zero-order chi connectivity index (χ0) is 16.4. The van der Waals surface area contributed by atoms with Crippen LogP contribution in [0, 0.1) is 0 Å². The molecule has 0 bridgehead atoms. The number of carbonyl (C=O) groups excluding carboxylic acids is 1. The molecule has 0 aliphatic carbocycles. The summed E-state index contributed by atoms with van der Waals surface area (Å²) in [7, 11) is -3.61. The van der Waals surface area contributed by atoms with Crippen LogP contribution in [0.2, 0.25) is 0 Å². The monoisotopic (exact) mass is 340 g/mol. The fourth-order valence-corrected chi connectivity index (χ4v) is 3.50. The molecule has 0 spiro atoms. The molecule has 1 amide bonds. The maximum Gasteiger partial charge on any atom is 0.257 e. The number of anilines is 1. The summed E-state index contributed by atoms with van der Waals surface area (Å²) in [5.41, 5.74) is 1.26. The van der Waals surface area contributed by atoms with Gasteiger partial charge < -0.3 is 0 Å². The second-order valence-electron chi connectivity index (χ2n) is 5.58. The Hall–Kier alpha value is -1.84. The van der Waals surface area contributed by atoms with Crippen molar-refractivity contribution < 1.29 is 13.2 Å². The first-order chi connectivity index (χ1) is 10.2. The summed E-state index contributed by atoms with van der Waals surface area (Å²) in [6.07, 6.45) is 0. The van der Waals surface area contributed by atoms with Crippen LogP contribution in [-0.2, 0) is 10.0 Å². The summed E-state index contributed by atoms with van der Waals surface area (Å²) in [6, 6.07) is 5.69. The van der Waals surface area contributed by atoms with E-state index in [9.17, 15) is 13.2 Å². The Labute approximate surface area is 132 Å². The quantitative estimate of drug-likeness (QED) is 0.885. The number of carbonyl (C=O) groups is 1. The number of hydrogen-bond acceptors (Lipinski definition) is 6. The van der Waals surface area contributed by atoms with E-state index >= 15 is 0 Å². The van der Waals surface area contributed by atoms with Gasteiger partial charge in [0, 0.05) is 11.1 Å². The minimum atomic E-state index is -3.61. The van der Waals surface area contributed by atoms with Crippen LogP contribution < -0.4 is 10.0 Å². The molecule has 2 aromatic rings. The second-order valence-corrected chi connectivity index (χ2v) is 8.09. The van der Waals surface area contributed by atoms with E-state index in [-0.39, 0.29) is 10.8 Å². The summed E-state index contributed by atoms with van der Waals surface area (Å²) in [5.74, 6) is -0.371. The first kappa shape index (κ1) is 16.5. The Morgan fingerprint density at radius 1 is 1.18 bits per heavy atom. The molecule has 22 heavy (non-hydrogen) atoms. The van der Waals surface area contributed by atoms with E-state index in [1.165, 1.54) is 41.1 Å². The number of nitrogens with one attached hydrogen (secondary N) is 2. The molecule has 0 aliphatic rings. The van der Waals surface area contributed by atoms with Gasteiger partial charge in [0.1, 0.15) is 5.51 Å². The molecule has 0 saturated heterocycles. The highest BCUT2D eigenvalue weighted by molar-refractivity contribution is 7.89. The lowest BCUT2D eigenvalue weighted by Crippen LogP contribution is -2.40. The van der Waals surface area contributed by atoms with Gasteiger partial charge in [-0.05, 0) is 45.0 Å². The van der Waals surface area contributed by atoms with Gasteiger partial charge in [0.15, 0.2) is 0 Å². The van der Waals surface area contributed by atoms with Gasteiger partial charge in [-0.1, -0.05) is 11.3 Å². The fourth-order valence-electron chi connectivity index (χ4n) is 1.64. The van der Waals surface area contributed by atoms with Gasteiger partial charge in [0.05, 0.1) is 4.90 Å². The molecule has 0 fully saturated rings. The third kappa shape index (κ3) is 4.33. The van der Waals surface area contributed by atoms with Crippen LogP contribution >= 0.6 is 11.3 Å². The predicted octanol–water partition coefficient (Wildman–Crippen LogP) is 1.87. The molecule has 0 aliphatic heterocycles. The Bertz CT molecular complexity index is 748. The fraction of sp³-hybridized carbons (Fsp3) is 0.308. The van der Waals surface area contributed by atoms with Crippen molar-refractivity contribution in [1.82, 2.24) is 14.9 Å². The molecule has 1 heterocycles. The highest BCUT2D eigenvalue weighted by Gasteiger charge is 2.22. The molecule has 7 nitrogen and oxygen atoms in total. The van der Waals surface area contributed by atoms with Crippen molar-refractivity contribution in [3.05, 3.63) is 35.3 Å². The van der Waals surface area contributed by atoms with E-state index in [0.29, 0.717) is 10.7 Å². The minimum absolute atomic E-state index is 0.106. The molecule has 118 valence electrons. The Kier molecular flexibility index (Phi) is 4.59. The first-order valence-corrected chi connectivity index (χ1v) is 8.75. The largest absolute Gasteiger partial charge is 0.296 e. The van der Waals surface area contributed by atoms with Crippen molar-refractivity contribution in [2.24, 2.45) is 0 Å². The molecular formula is C13H16N4O3S2. The van der Waals surface area contributed by atoms with Crippen LogP contribution in [-0.4, -0.2) is 30.1 Å². The Morgan fingerprint density at radius 3 is 2.32 bits per heavy atom. The maximum atomic E-state index is 12.2. The van der Waals surface area contributed by atoms with Crippen LogP contribution in [0.5, 0.6) is 0 Å². The molecule has 2 rings (SSSR count). The van der Waals surface area contributed by atoms with Gasteiger partial charge in [-0.2, -0.15) is 0 Å². The van der Waals surface area contributed by atoms with Crippen molar-refractivity contribution in [1.29, 1.82) is 0 Å². The minimum Gasteiger partial charge on any atom is -0.296 e. The molecule has 0 saturated carbocycles. The number of nitrogens with zero attached hydrogens (tertiary/aromatic N) is 2. The molecular weight excluding hydrogens is 324 g/mol. The highest BCUT2D eigenvalue weighted by atomic mass is 32.2. The average Bonchev–Trinajstić information content (AvgIpc) is 2.89. The van der Waals surface area contributed by atoms with Gasteiger partial charge in [0.25, 0.3) is 5.91 Å². The van der Waals surface area contributed by atoms with Crippen molar-refractivity contribution in [3.63, 3.8) is 0 Å². The Morgan fingerprint density at radius 2 is 1.82 bits per heavy atom. The summed E-state index contributed by atoms with van der Waals surface area (Å²) in [4.78, 5) is 12.1. The summed E-state index contributed by atoms with van der Waals surface area (Å²) in [5, 5.41) is 10.3. The summed E-state index contributed by atoms with van der Waals surface area (Å²) >= 11 is 1.20. The van der Waals surface area contributed by atoms with E-state index in [4.69, 9.17) is 0 Å². The van der Waals surface area contributed by atoms with Crippen LogP contribution in [0.3, 0.4) is 0 Å². The standard InChI is InChI=1S/C13H16N4O3S2/c1-13(2,3)17-22(19,20)10-6-4-9(5-7-10)11(18)15-12-16-14-8-21-12/h4-8,17H,1-3H3,(H,15,16,18). The number of sulfonamides is 1. The second kappa shape index (κ2) is 6.11. The number of amides is 1. The molecule has 0 atom stereocenters. The summed E-state index contributed by atoms with van der Waals surface area (Å²) < 4.78 is 26.9. The van der Waals surface area contributed by atoms with E-state index in [1.807, 2.05) is 0 Å². The van der Waals surface area contributed by atoms with Crippen molar-refractivity contribution in [3.8, 4) is 0 Å². The zero-order valence-electron chi connectivity index (χ0n) is 12.3. The van der Waals surface area contributed by atoms with E-state index in [2.05, 4.69) is 20.2 Å². The molecule has 9 heteroatoms. The Balaban J connectivity index is 2.15. The predicted molar refractivity (Wildman–Crippen MR) is 84.4 cm³/mol. The SMILES string of the molecule is CC(C)(C)NS(=O)(=O)c1ccc(C(=O)Nc2nncs2)cc1. The molecule has 0 radical (unpaired) electrons. The normalized spacial score (nSPS) is 12.1.